The minimum absolute atomic E-state index is 0.0212. The Bertz CT molecular complexity index is 970. The molecule has 0 atom stereocenters. The molecule has 3 N–H and O–H groups in total. The number of carbonyl (C=O) groups excluding carboxylic acids is 2. The van der Waals surface area contributed by atoms with Crippen LogP contribution in [0.4, 0.5) is 17.1 Å². The van der Waals surface area contributed by atoms with Crippen LogP contribution in [0.1, 0.15) is 17.3 Å². The van der Waals surface area contributed by atoms with Crippen LogP contribution in [0, 0.1) is 4.91 Å². The van der Waals surface area contributed by atoms with Crippen molar-refractivity contribution in [1.82, 2.24) is 0 Å². The molecule has 0 bridgehead atoms. The van der Waals surface area contributed by atoms with Crippen molar-refractivity contribution in [2.45, 2.75) is 6.92 Å². The van der Waals surface area contributed by atoms with Crippen molar-refractivity contribution in [2.24, 2.45) is 10.3 Å². The molecule has 0 spiro atoms. The minimum atomic E-state index is -1.23. The number of carboxylic acid groups (broad SMARTS) is 1. The Kier molecular flexibility index (Phi) is 6.53. The maximum Gasteiger partial charge on any atom is 0.337 e. The van der Waals surface area contributed by atoms with Crippen molar-refractivity contribution < 1.29 is 24.2 Å². The topological polar surface area (TPSA) is 147 Å². The second kappa shape index (κ2) is 9.03. The second-order valence-corrected chi connectivity index (χ2v) is 5.41. The Morgan fingerprint density at radius 3 is 2.39 bits per heavy atom. The number of carboxylic acids is 1. The van der Waals surface area contributed by atoms with E-state index in [-0.39, 0.29) is 28.4 Å². The Morgan fingerprint density at radius 2 is 1.79 bits per heavy atom. The number of benzene rings is 2. The fourth-order valence-corrected chi connectivity index (χ4v) is 2.19. The molecule has 10 heteroatoms. The summed E-state index contributed by atoms with van der Waals surface area (Å²) < 4.78 is 5.10. The standard InChI is InChI=1S/C18H16N4O6/c1-10(23)16(17(24)19-13-6-4-3-5-12(13)18(25)26)21-20-14-8-7-11(22-27)9-15(14)28-2/h3-9,20H,1-2H3,(H,19,24)(H,25,26)/b21-16-. The Morgan fingerprint density at radius 1 is 1.07 bits per heavy atom. The van der Waals surface area contributed by atoms with Crippen molar-refractivity contribution in [1.29, 1.82) is 0 Å². The van der Waals surface area contributed by atoms with Crippen molar-refractivity contribution in [3.8, 4) is 5.75 Å². The third kappa shape index (κ3) is 4.75. The SMILES string of the molecule is COc1cc(N=O)ccc1N/N=C(/C(C)=O)C(=O)Nc1ccccc1C(=O)O. The predicted molar refractivity (Wildman–Crippen MR) is 102 cm³/mol. The first-order chi connectivity index (χ1) is 13.4. The summed E-state index contributed by atoms with van der Waals surface area (Å²) in [7, 11) is 1.36. The average molecular weight is 384 g/mol. The van der Waals surface area contributed by atoms with Crippen LogP contribution in [0.25, 0.3) is 0 Å². The van der Waals surface area contributed by atoms with Gasteiger partial charge in [-0.05, 0) is 29.4 Å². The van der Waals surface area contributed by atoms with Gasteiger partial charge in [0.05, 0.1) is 24.0 Å². The summed E-state index contributed by atoms with van der Waals surface area (Å²) in [4.78, 5) is 46.1. The lowest BCUT2D eigenvalue weighted by Crippen LogP contribution is -2.30. The van der Waals surface area contributed by atoms with Gasteiger partial charge in [0.1, 0.15) is 11.4 Å². The van der Waals surface area contributed by atoms with E-state index in [1.54, 1.807) is 6.07 Å². The Hall–Kier alpha value is -4.08. The molecule has 2 aromatic carbocycles. The van der Waals surface area contributed by atoms with Crippen molar-refractivity contribution in [2.75, 3.05) is 17.9 Å². The number of nitrogens with one attached hydrogen (secondary N) is 2. The second-order valence-electron chi connectivity index (χ2n) is 5.41. The summed E-state index contributed by atoms with van der Waals surface area (Å²) >= 11 is 0. The zero-order chi connectivity index (χ0) is 20.7. The van der Waals surface area contributed by atoms with E-state index in [0.717, 1.165) is 6.92 Å². The number of hydrogen-bond donors (Lipinski definition) is 3. The lowest BCUT2D eigenvalue weighted by atomic mass is 10.1. The van der Waals surface area contributed by atoms with Gasteiger partial charge < -0.3 is 15.2 Å². The van der Waals surface area contributed by atoms with Gasteiger partial charge in [-0.2, -0.15) is 5.10 Å². The van der Waals surface area contributed by atoms with Gasteiger partial charge in [0, 0.05) is 13.0 Å². The molecule has 0 aliphatic heterocycles. The summed E-state index contributed by atoms with van der Waals surface area (Å²) in [5.41, 5.74) is 2.33. The highest BCUT2D eigenvalue weighted by Gasteiger charge is 2.20. The first-order valence-corrected chi connectivity index (χ1v) is 7.87. The first-order valence-electron chi connectivity index (χ1n) is 7.87. The van der Waals surface area contributed by atoms with Crippen molar-refractivity contribution >= 4 is 40.4 Å². The number of carbonyl (C=O) groups is 3. The molecule has 28 heavy (non-hydrogen) atoms. The summed E-state index contributed by atoms with van der Waals surface area (Å²) in [6, 6.07) is 9.93. The molecule has 0 unspecified atom stereocenters. The van der Waals surface area contributed by atoms with E-state index < -0.39 is 23.4 Å². The van der Waals surface area contributed by atoms with E-state index in [2.05, 4.69) is 21.0 Å². The van der Waals surface area contributed by atoms with Gasteiger partial charge in [0.15, 0.2) is 11.5 Å². The van der Waals surface area contributed by atoms with E-state index in [0.29, 0.717) is 0 Å². The van der Waals surface area contributed by atoms with Crippen LogP contribution in [0.15, 0.2) is 52.7 Å². The molecule has 10 nitrogen and oxygen atoms in total. The van der Waals surface area contributed by atoms with Crippen molar-refractivity contribution in [3.05, 3.63) is 52.9 Å². The van der Waals surface area contributed by atoms with Crippen LogP contribution in [-0.4, -0.2) is 35.6 Å². The molecule has 144 valence electrons. The highest BCUT2D eigenvalue weighted by Crippen LogP contribution is 2.29. The van der Waals surface area contributed by atoms with Gasteiger partial charge >= 0.3 is 5.97 Å². The third-order valence-electron chi connectivity index (χ3n) is 3.53. The summed E-state index contributed by atoms with van der Waals surface area (Å²) in [5.74, 6) is -2.55. The quantitative estimate of drug-likeness (QED) is 0.274. The highest BCUT2D eigenvalue weighted by atomic mass is 16.5. The van der Waals surface area contributed by atoms with Crippen LogP contribution in [-0.2, 0) is 9.59 Å². The smallest absolute Gasteiger partial charge is 0.337 e. The number of ketones is 1. The lowest BCUT2D eigenvalue weighted by Gasteiger charge is -2.10. The van der Waals surface area contributed by atoms with E-state index >= 15 is 0 Å². The van der Waals surface area contributed by atoms with E-state index in [9.17, 15) is 24.4 Å². The molecule has 0 fully saturated rings. The Balaban J connectivity index is 2.28. The molecule has 0 saturated heterocycles. The summed E-state index contributed by atoms with van der Waals surface area (Å²) in [6.45, 7) is 1.14. The molecule has 0 aliphatic carbocycles. The highest BCUT2D eigenvalue weighted by molar-refractivity contribution is 6.67. The number of para-hydroxylation sites is 1. The number of hydrogen-bond acceptors (Lipinski definition) is 8. The van der Waals surface area contributed by atoms with Gasteiger partial charge in [-0.15, -0.1) is 4.91 Å². The van der Waals surface area contributed by atoms with Crippen molar-refractivity contribution in [3.63, 3.8) is 0 Å². The predicted octanol–water partition coefficient (Wildman–Crippen LogP) is 2.79. The van der Waals surface area contributed by atoms with Crippen LogP contribution < -0.4 is 15.5 Å². The van der Waals surface area contributed by atoms with Gasteiger partial charge in [0.25, 0.3) is 5.91 Å². The zero-order valence-electron chi connectivity index (χ0n) is 14.9. The van der Waals surface area contributed by atoms with Crippen LogP contribution in [0.5, 0.6) is 5.75 Å². The maximum atomic E-state index is 12.4. The van der Waals surface area contributed by atoms with Gasteiger partial charge in [0.2, 0.25) is 0 Å². The van der Waals surface area contributed by atoms with E-state index in [4.69, 9.17) is 4.74 Å². The molecule has 0 saturated carbocycles. The first kappa shape index (κ1) is 20.2. The number of anilines is 2. The number of aromatic carboxylic acids is 1. The normalized spacial score (nSPS) is 10.7. The molecule has 2 rings (SSSR count). The number of amides is 1. The molecule has 0 heterocycles. The third-order valence-corrected chi connectivity index (χ3v) is 3.53. The molecule has 1 amide bonds. The minimum Gasteiger partial charge on any atom is -0.494 e. The van der Waals surface area contributed by atoms with Crippen LogP contribution in [0.3, 0.4) is 0 Å². The Labute approximate surface area is 159 Å². The number of nitrogens with zero attached hydrogens (tertiary/aromatic N) is 2. The largest absolute Gasteiger partial charge is 0.494 e. The lowest BCUT2D eigenvalue weighted by molar-refractivity contribution is -0.114. The molecule has 0 aliphatic rings. The molecule has 0 radical (unpaired) electrons. The number of ether oxygens (including phenoxy) is 1. The van der Waals surface area contributed by atoms with Gasteiger partial charge in [-0.1, -0.05) is 12.1 Å². The zero-order valence-corrected chi connectivity index (χ0v) is 14.9. The number of rotatable bonds is 8. The average Bonchev–Trinajstić information content (AvgIpc) is 2.68. The monoisotopic (exact) mass is 384 g/mol. The van der Waals surface area contributed by atoms with Crippen LogP contribution >= 0.6 is 0 Å². The molecule has 2 aromatic rings. The van der Waals surface area contributed by atoms with Gasteiger partial charge in [-0.3, -0.25) is 15.0 Å². The van der Waals surface area contributed by atoms with Crippen LogP contribution in [0.2, 0.25) is 0 Å². The molecular weight excluding hydrogens is 368 g/mol. The fourth-order valence-electron chi connectivity index (χ4n) is 2.19. The number of methoxy groups -OCH3 is 1. The van der Waals surface area contributed by atoms with E-state index in [1.165, 1.54) is 43.5 Å². The molecule has 0 aromatic heterocycles. The van der Waals surface area contributed by atoms with Gasteiger partial charge in [-0.25, -0.2) is 4.79 Å². The summed E-state index contributed by atoms with van der Waals surface area (Å²) in [5, 5.41) is 18.1. The number of Topliss-reactive ketones (excluding diaryl/α,β-unsaturated/α-hetero) is 1. The maximum absolute atomic E-state index is 12.4. The summed E-state index contributed by atoms with van der Waals surface area (Å²) in [6.07, 6.45) is 0. The molecular formula is C18H16N4O6. The number of nitroso groups, excluding NO2 is 1. The fraction of sp³-hybridized carbons (Fsp3) is 0.111. The van der Waals surface area contributed by atoms with E-state index in [1.807, 2.05) is 0 Å². The number of hydrazone groups is 1.